The Labute approximate surface area is 135 Å². The molecule has 0 unspecified atom stereocenters. The Balaban J connectivity index is 1.99. The molecular weight excluding hydrogens is 316 g/mol. The van der Waals surface area contributed by atoms with Crippen molar-refractivity contribution in [2.45, 2.75) is 24.8 Å². The van der Waals surface area contributed by atoms with Crippen LogP contribution in [0.25, 0.3) is 0 Å². The lowest BCUT2D eigenvalue weighted by Gasteiger charge is -2.14. The minimum atomic E-state index is -3.28. The number of nitrogens with one attached hydrogen (secondary N) is 2. The number of furan rings is 1. The summed E-state index contributed by atoms with van der Waals surface area (Å²) in [6, 6.07) is 8.11. The van der Waals surface area contributed by atoms with Crippen LogP contribution in [0.15, 0.2) is 45.9 Å². The average Bonchev–Trinajstić information content (AvgIpc) is 2.99. The second kappa shape index (κ2) is 6.87. The Kier molecular flexibility index (Phi) is 5.10. The van der Waals surface area contributed by atoms with Crippen molar-refractivity contribution in [3.63, 3.8) is 0 Å². The van der Waals surface area contributed by atoms with E-state index in [0.29, 0.717) is 11.4 Å². The summed E-state index contributed by atoms with van der Waals surface area (Å²) >= 11 is 0. The predicted molar refractivity (Wildman–Crippen MR) is 88.0 cm³/mol. The molecule has 23 heavy (non-hydrogen) atoms. The smallest absolute Gasteiger partial charge is 0.239 e. The second-order valence-corrected chi connectivity index (χ2v) is 7.42. The lowest BCUT2D eigenvalue weighted by Crippen LogP contribution is -2.32. The maximum Gasteiger partial charge on any atom is 0.239 e. The van der Waals surface area contributed by atoms with Gasteiger partial charge in [0, 0.05) is 11.9 Å². The highest BCUT2D eigenvalue weighted by Crippen LogP contribution is 2.20. The van der Waals surface area contributed by atoms with Crippen LogP contribution in [0.5, 0.6) is 0 Å². The quantitative estimate of drug-likeness (QED) is 0.845. The van der Waals surface area contributed by atoms with Gasteiger partial charge in [-0.15, -0.1) is 0 Å². The standard InChI is InChI=1S/C16H20N2O4S/c1-11-6-7-13(23(3,20)21)9-14(11)17-10-16(19)18-12(2)15-5-4-8-22-15/h4-9,12,17H,10H2,1-3H3,(H,18,19)/t12-/m1/s1. The van der Waals surface area contributed by atoms with E-state index in [1.807, 2.05) is 13.8 Å². The van der Waals surface area contributed by atoms with Crippen molar-refractivity contribution in [1.82, 2.24) is 5.32 Å². The summed E-state index contributed by atoms with van der Waals surface area (Å²) in [4.78, 5) is 12.2. The molecule has 0 aliphatic heterocycles. The zero-order chi connectivity index (χ0) is 17.0. The number of carbonyl (C=O) groups is 1. The molecule has 1 heterocycles. The number of sulfone groups is 1. The minimum Gasteiger partial charge on any atom is -0.467 e. The molecule has 1 aromatic carbocycles. The Bertz CT molecular complexity index is 782. The number of amides is 1. The van der Waals surface area contributed by atoms with E-state index in [0.717, 1.165) is 11.8 Å². The third-order valence-corrected chi connectivity index (χ3v) is 4.53. The van der Waals surface area contributed by atoms with Crippen LogP contribution in [0.4, 0.5) is 5.69 Å². The summed E-state index contributed by atoms with van der Waals surface area (Å²) in [7, 11) is -3.28. The number of hydrogen-bond acceptors (Lipinski definition) is 5. The number of anilines is 1. The van der Waals surface area contributed by atoms with Gasteiger partial charge in [0.25, 0.3) is 0 Å². The van der Waals surface area contributed by atoms with E-state index in [1.165, 1.54) is 6.07 Å². The first-order valence-corrected chi connectivity index (χ1v) is 9.04. The van der Waals surface area contributed by atoms with Gasteiger partial charge >= 0.3 is 0 Å². The summed E-state index contributed by atoms with van der Waals surface area (Å²) < 4.78 is 28.4. The Morgan fingerprint density at radius 3 is 2.65 bits per heavy atom. The van der Waals surface area contributed by atoms with Crippen LogP contribution in [0.2, 0.25) is 0 Å². The fourth-order valence-corrected chi connectivity index (χ4v) is 2.75. The minimum absolute atomic E-state index is 0.0408. The topological polar surface area (TPSA) is 88.4 Å². The second-order valence-electron chi connectivity index (χ2n) is 5.41. The average molecular weight is 336 g/mol. The van der Waals surface area contributed by atoms with Crippen LogP contribution in [0, 0.1) is 6.92 Å². The Morgan fingerprint density at radius 1 is 1.30 bits per heavy atom. The van der Waals surface area contributed by atoms with Crippen molar-refractivity contribution < 1.29 is 17.6 Å². The first kappa shape index (κ1) is 17.1. The highest BCUT2D eigenvalue weighted by atomic mass is 32.2. The van der Waals surface area contributed by atoms with Gasteiger partial charge in [0.15, 0.2) is 9.84 Å². The molecule has 0 aliphatic rings. The fourth-order valence-electron chi connectivity index (χ4n) is 2.10. The van der Waals surface area contributed by atoms with Crippen LogP contribution in [-0.2, 0) is 14.6 Å². The molecule has 2 N–H and O–H groups in total. The van der Waals surface area contributed by atoms with E-state index in [1.54, 1.807) is 30.5 Å². The Morgan fingerprint density at radius 2 is 2.04 bits per heavy atom. The third-order valence-electron chi connectivity index (χ3n) is 3.42. The maximum atomic E-state index is 12.0. The zero-order valence-corrected chi connectivity index (χ0v) is 14.1. The molecule has 1 atom stereocenters. The molecule has 0 saturated carbocycles. The van der Waals surface area contributed by atoms with Crippen LogP contribution in [-0.4, -0.2) is 27.1 Å². The van der Waals surface area contributed by atoms with Crippen molar-refractivity contribution in [3.8, 4) is 0 Å². The molecule has 1 aromatic heterocycles. The van der Waals surface area contributed by atoms with Gasteiger partial charge in [-0.3, -0.25) is 4.79 Å². The monoisotopic (exact) mass is 336 g/mol. The molecule has 124 valence electrons. The van der Waals surface area contributed by atoms with Gasteiger partial charge in [0.2, 0.25) is 5.91 Å². The number of carbonyl (C=O) groups excluding carboxylic acids is 1. The summed E-state index contributed by atoms with van der Waals surface area (Å²) in [5.74, 6) is 0.465. The van der Waals surface area contributed by atoms with Crippen LogP contribution >= 0.6 is 0 Å². The molecule has 0 radical (unpaired) electrons. The lowest BCUT2D eigenvalue weighted by atomic mass is 10.2. The SMILES string of the molecule is Cc1ccc(S(C)(=O)=O)cc1NCC(=O)N[C@H](C)c1ccco1. The number of benzene rings is 1. The molecule has 0 spiro atoms. The van der Waals surface area contributed by atoms with E-state index in [4.69, 9.17) is 4.42 Å². The highest BCUT2D eigenvalue weighted by Gasteiger charge is 2.13. The molecular formula is C16H20N2O4S. The maximum absolute atomic E-state index is 12.0. The zero-order valence-electron chi connectivity index (χ0n) is 13.3. The molecule has 7 heteroatoms. The van der Waals surface area contributed by atoms with E-state index < -0.39 is 9.84 Å². The van der Waals surface area contributed by atoms with Gasteiger partial charge in [-0.2, -0.15) is 0 Å². The first-order valence-electron chi connectivity index (χ1n) is 7.14. The van der Waals surface area contributed by atoms with Crippen molar-refractivity contribution >= 4 is 21.4 Å². The van der Waals surface area contributed by atoms with E-state index in [2.05, 4.69) is 10.6 Å². The van der Waals surface area contributed by atoms with Crippen molar-refractivity contribution in [2.75, 3.05) is 18.1 Å². The van der Waals surface area contributed by atoms with Gasteiger partial charge < -0.3 is 15.1 Å². The van der Waals surface area contributed by atoms with Gasteiger partial charge in [0.1, 0.15) is 5.76 Å². The van der Waals surface area contributed by atoms with Gasteiger partial charge in [-0.05, 0) is 43.7 Å². The van der Waals surface area contributed by atoms with E-state index in [-0.39, 0.29) is 23.4 Å². The van der Waals surface area contributed by atoms with E-state index >= 15 is 0 Å². The summed E-state index contributed by atoms with van der Waals surface area (Å²) in [6.45, 7) is 3.71. The third kappa shape index (κ3) is 4.59. The summed E-state index contributed by atoms with van der Waals surface area (Å²) in [5.41, 5.74) is 1.48. The van der Waals surface area contributed by atoms with Crippen LogP contribution in [0.3, 0.4) is 0 Å². The number of aryl methyl sites for hydroxylation is 1. The van der Waals surface area contributed by atoms with Crippen molar-refractivity contribution in [2.24, 2.45) is 0 Å². The van der Waals surface area contributed by atoms with Gasteiger partial charge in [0.05, 0.1) is 23.7 Å². The molecule has 0 saturated heterocycles. The molecule has 2 rings (SSSR count). The largest absolute Gasteiger partial charge is 0.467 e. The lowest BCUT2D eigenvalue weighted by molar-refractivity contribution is -0.120. The Hall–Kier alpha value is -2.28. The van der Waals surface area contributed by atoms with Crippen LogP contribution < -0.4 is 10.6 Å². The predicted octanol–water partition coefficient (Wildman–Crippen LogP) is 2.28. The highest BCUT2D eigenvalue weighted by molar-refractivity contribution is 7.90. The van der Waals surface area contributed by atoms with Gasteiger partial charge in [-0.25, -0.2) is 8.42 Å². The first-order chi connectivity index (χ1) is 10.8. The molecule has 6 nitrogen and oxygen atoms in total. The fraction of sp³-hybridized carbons (Fsp3) is 0.312. The molecule has 0 bridgehead atoms. The molecule has 0 aliphatic carbocycles. The van der Waals surface area contributed by atoms with Crippen molar-refractivity contribution in [1.29, 1.82) is 0 Å². The molecule has 1 amide bonds. The van der Waals surface area contributed by atoms with Crippen molar-refractivity contribution in [3.05, 3.63) is 47.9 Å². The molecule has 2 aromatic rings. The molecule has 0 fully saturated rings. The number of rotatable bonds is 6. The summed E-state index contributed by atoms with van der Waals surface area (Å²) in [5, 5.41) is 5.77. The van der Waals surface area contributed by atoms with Gasteiger partial charge in [-0.1, -0.05) is 6.07 Å². The number of hydrogen-bond donors (Lipinski definition) is 2. The van der Waals surface area contributed by atoms with Crippen LogP contribution in [0.1, 0.15) is 24.3 Å². The normalized spacial score (nSPS) is 12.7. The summed E-state index contributed by atoms with van der Waals surface area (Å²) in [6.07, 6.45) is 2.70. The van der Waals surface area contributed by atoms with E-state index in [9.17, 15) is 13.2 Å².